The van der Waals surface area contributed by atoms with Crippen LogP contribution in [0, 0.1) is 5.82 Å². The molecule has 0 spiro atoms. The minimum Gasteiger partial charge on any atom is -0.357 e. The molecule has 17 heavy (non-hydrogen) atoms. The highest BCUT2D eigenvalue weighted by molar-refractivity contribution is 5.94. The lowest BCUT2D eigenvalue weighted by Crippen LogP contribution is -2.23. The van der Waals surface area contributed by atoms with Gasteiger partial charge in [0.1, 0.15) is 0 Å². The Kier molecular flexibility index (Phi) is 3.18. The average molecular weight is 233 g/mol. The van der Waals surface area contributed by atoms with Gasteiger partial charge in [-0.05, 0) is 17.7 Å². The third-order valence-corrected chi connectivity index (χ3v) is 2.36. The maximum absolute atomic E-state index is 13.2. The van der Waals surface area contributed by atoms with Crippen molar-refractivity contribution in [2.75, 3.05) is 0 Å². The largest absolute Gasteiger partial charge is 0.357 e. The molecular formula is C12H12FN3O. The topological polar surface area (TPSA) is 46.9 Å². The van der Waals surface area contributed by atoms with Crippen molar-refractivity contribution in [1.29, 1.82) is 0 Å². The molecule has 0 fully saturated rings. The molecule has 1 N–H and O–H groups in total. The van der Waals surface area contributed by atoms with Crippen molar-refractivity contribution in [2.24, 2.45) is 7.05 Å². The van der Waals surface area contributed by atoms with E-state index in [4.69, 9.17) is 0 Å². The average Bonchev–Trinajstić information content (AvgIpc) is 2.73. The number of hydrogen-bond acceptors (Lipinski definition) is 2. The fourth-order valence-electron chi connectivity index (χ4n) is 1.50. The fourth-order valence-corrected chi connectivity index (χ4v) is 1.50. The van der Waals surface area contributed by atoms with Crippen molar-refractivity contribution < 1.29 is 9.18 Å². The number of aryl methyl sites for hydroxylation is 1. The number of rotatable bonds is 3. The van der Waals surface area contributed by atoms with Gasteiger partial charge in [-0.1, -0.05) is 0 Å². The lowest BCUT2D eigenvalue weighted by atomic mass is 10.2. The lowest BCUT2D eigenvalue weighted by molar-refractivity contribution is 0.0946. The van der Waals surface area contributed by atoms with Crippen LogP contribution in [0.4, 0.5) is 4.39 Å². The standard InChI is InChI=1S/C12H12FN3O/c1-16-5-3-9(8-16)6-15-12(17)10-2-4-14-7-11(10)13/h2-5,7-8H,6H2,1H3,(H,15,17). The van der Waals surface area contributed by atoms with Crippen LogP contribution in [0.15, 0.2) is 36.9 Å². The van der Waals surface area contributed by atoms with Gasteiger partial charge in [0.25, 0.3) is 5.91 Å². The number of nitrogens with one attached hydrogen (secondary N) is 1. The van der Waals surface area contributed by atoms with Crippen LogP contribution < -0.4 is 5.32 Å². The summed E-state index contributed by atoms with van der Waals surface area (Å²) >= 11 is 0. The molecule has 2 aromatic heterocycles. The molecule has 0 aliphatic heterocycles. The van der Waals surface area contributed by atoms with Gasteiger partial charge in [0.05, 0.1) is 11.8 Å². The monoisotopic (exact) mass is 233 g/mol. The molecule has 0 saturated carbocycles. The molecule has 1 amide bonds. The Balaban J connectivity index is 2.01. The normalized spacial score (nSPS) is 10.2. The molecule has 2 rings (SSSR count). The first-order valence-corrected chi connectivity index (χ1v) is 5.15. The lowest BCUT2D eigenvalue weighted by Gasteiger charge is -2.04. The number of amides is 1. The van der Waals surface area contributed by atoms with E-state index in [2.05, 4.69) is 10.3 Å². The highest BCUT2D eigenvalue weighted by Gasteiger charge is 2.10. The molecule has 0 aliphatic carbocycles. The second-order valence-electron chi connectivity index (χ2n) is 3.72. The van der Waals surface area contributed by atoms with Gasteiger partial charge < -0.3 is 9.88 Å². The van der Waals surface area contributed by atoms with E-state index in [1.54, 1.807) is 0 Å². The fraction of sp³-hybridized carbons (Fsp3) is 0.167. The maximum Gasteiger partial charge on any atom is 0.254 e. The number of aromatic nitrogens is 2. The van der Waals surface area contributed by atoms with Gasteiger partial charge in [-0.2, -0.15) is 0 Å². The van der Waals surface area contributed by atoms with E-state index in [1.165, 1.54) is 12.3 Å². The summed E-state index contributed by atoms with van der Waals surface area (Å²) in [7, 11) is 1.90. The number of hydrogen-bond donors (Lipinski definition) is 1. The minimum absolute atomic E-state index is 0.0101. The summed E-state index contributed by atoms with van der Waals surface area (Å²) in [6.45, 7) is 0.376. The summed E-state index contributed by atoms with van der Waals surface area (Å²) in [5, 5.41) is 2.65. The van der Waals surface area contributed by atoms with Crippen molar-refractivity contribution in [3.63, 3.8) is 0 Å². The van der Waals surface area contributed by atoms with E-state index < -0.39 is 11.7 Å². The van der Waals surface area contributed by atoms with E-state index in [9.17, 15) is 9.18 Å². The second kappa shape index (κ2) is 4.78. The third kappa shape index (κ3) is 2.69. The Morgan fingerprint density at radius 1 is 1.53 bits per heavy atom. The summed E-state index contributed by atoms with van der Waals surface area (Å²) in [6.07, 6.45) is 6.19. The molecule has 0 unspecified atom stereocenters. The highest BCUT2D eigenvalue weighted by atomic mass is 19.1. The number of carbonyl (C=O) groups is 1. The molecule has 4 nitrogen and oxygen atoms in total. The quantitative estimate of drug-likeness (QED) is 0.873. The Hall–Kier alpha value is -2.17. The van der Waals surface area contributed by atoms with Crippen LogP contribution in [-0.4, -0.2) is 15.5 Å². The van der Waals surface area contributed by atoms with Crippen molar-refractivity contribution >= 4 is 5.91 Å². The van der Waals surface area contributed by atoms with Crippen LogP contribution in [0.3, 0.4) is 0 Å². The van der Waals surface area contributed by atoms with E-state index in [0.29, 0.717) is 6.54 Å². The first-order chi connectivity index (χ1) is 8.16. The van der Waals surface area contributed by atoms with Crippen molar-refractivity contribution in [3.05, 3.63) is 53.9 Å². The SMILES string of the molecule is Cn1ccc(CNC(=O)c2ccncc2F)c1. The Bertz CT molecular complexity index is 536. The minimum atomic E-state index is -0.613. The van der Waals surface area contributed by atoms with Gasteiger partial charge >= 0.3 is 0 Å². The first kappa shape index (κ1) is 11.3. The van der Waals surface area contributed by atoms with Gasteiger partial charge in [-0.25, -0.2) is 4.39 Å². The van der Waals surface area contributed by atoms with Crippen molar-refractivity contribution in [2.45, 2.75) is 6.54 Å². The predicted octanol–water partition coefficient (Wildman–Crippen LogP) is 1.49. The predicted molar refractivity (Wildman–Crippen MR) is 60.8 cm³/mol. The molecule has 0 radical (unpaired) electrons. The Morgan fingerprint density at radius 2 is 2.35 bits per heavy atom. The summed E-state index contributed by atoms with van der Waals surface area (Å²) in [4.78, 5) is 15.3. The number of pyridine rings is 1. The van der Waals surface area contributed by atoms with Gasteiger partial charge in [0.2, 0.25) is 0 Å². The molecule has 0 atom stereocenters. The van der Waals surface area contributed by atoms with Crippen LogP contribution in [0.2, 0.25) is 0 Å². The molecule has 5 heteroatoms. The smallest absolute Gasteiger partial charge is 0.254 e. The number of nitrogens with zero attached hydrogens (tertiary/aromatic N) is 2. The van der Waals surface area contributed by atoms with Gasteiger partial charge in [-0.15, -0.1) is 0 Å². The van der Waals surface area contributed by atoms with Crippen molar-refractivity contribution in [3.8, 4) is 0 Å². The molecular weight excluding hydrogens is 221 g/mol. The maximum atomic E-state index is 13.2. The zero-order chi connectivity index (χ0) is 12.3. The molecule has 0 aromatic carbocycles. The summed E-state index contributed by atoms with van der Waals surface area (Å²) in [5.41, 5.74) is 0.978. The highest BCUT2D eigenvalue weighted by Crippen LogP contribution is 2.05. The van der Waals surface area contributed by atoms with Gasteiger partial charge in [0.15, 0.2) is 5.82 Å². The molecule has 2 heterocycles. The summed E-state index contributed by atoms with van der Waals surface area (Å²) in [6, 6.07) is 3.25. The van der Waals surface area contributed by atoms with E-state index >= 15 is 0 Å². The van der Waals surface area contributed by atoms with Gasteiger partial charge in [-0.3, -0.25) is 9.78 Å². The van der Waals surface area contributed by atoms with E-state index in [1.807, 2.05) is 30.1 Å². The third-order valence-electron chi connectivity index (χ3n) is 2.36. The number of carbonyl (C=O) groups excluding carboxylic acids is 1. The van der Waals surface area contributed by atoms with Crippen LogP contribution in [0.5, 0.6) is 0 Å². The van der Waals surface area contributed by atoms with Gasteiger partial charge in [0, 0.05) is 32.2 Å². The van der Waals surface area contributed by atoms with Crippen LogP contribution >= 0.6 is 0 Å². The number of halogens is 1. The first-order valence-electron chi connectivity index (χ1n) is 5.15. The Morgan fingerprint density at radius 3 is 3.00 bits per heavy atom. The zero-order valence-electron chi connectivity index (χ0n) is 9.35. The molecule has 0 aliphatic rings. The van der Waals surface area contributed by atoms with Crippen LogP contribution in [0.25, 0.3) is 0 Å². The van der Waals surface area contributed by atoms with Crippen molar-refractivity contribution in [1.82, 2.24) is 14.9 Å². The Labute approximate surface area is 98.1 Å². The molecule has 0 bridgehead atoms. The van der Waals surface area contributed by atoms with Crippen LogP contribution in [0.1, 0.15) is 15.9 Å². The molecule has 88 valence electrons. The zero-order valence-corrected chi connectivity index (χ0v) is 9.35. The second-order valence-corrected chi connectivity index (χ2v) is 3.72. The van der Waals surface area contributed by atoms with E-state index in [-0.39, 0.29) is 5.56 Å². The van der Waals surface area contributed by atoms with Crippen LogP contribution in [-0.2, 0) is 13.6 Å². The molecule has 2 aromatic rings. The molecule has 0 saturated heterocycles. The summed E-state index contributed by atoms with van der Waals surface area (Å²) < 4.78 is 15.1. The van der Waals surface area contributed by atoms with E-state index in [0.717, 1.165) is 11.8 Å². The summed E-state index contributed by atoms with van der Waals surface area (Å²) in [5.74, 6) is -1.05.